The molecule has 0 bridgehead atoms. The number of benzene rings is 2. The minimum Gasteiger partial charge on any atom is -0.489 e. The van der Waals surface area contributed by atoms with Crippen molar-refractivity contribution >= 4 is 22.6 Å². The van der Waals surface area contributed by atoms with E-state index in [0.29, 0.717) is 29.6 Å². The van der Waals surface area contributed by atoms with Crippen molar-refractivity contribution < 1.29 is 13.9 Å². The van der Waals surface area contributed by atoms with Crippen LogP contribution in [0.2, 0.25) is 5.02 Å². The lowest BCUT2D eigenvalue weighted by Crippen LogP contribution is -2.05. The Morgan fingerprint density at radius 3 is 2.70 bits per heavy atom. The summed E-state index contributed by atoms with van der Waals surface area (Å²) in [6, 6.07) is 14.6. The molecule has 0 amide bonds. The average molecular weight is 329 g/mol. The quantitative estimate of drug-likeness (QED) is 0.538. The van der Waals surface area contributed by atoms with Gasteiger partial charge in [0.25, 0.3) is 0 Å². The van der Waals surface area contributed by atoms with Gasteiger partial charge in [-0.2, -0.15) is 0 Å². The van der Waals surface area contributed by atoms with Gasteiger partial charge in [-0.25, -0.2) is 4.79 Å². The first-order valence-corrected chi connectivity index (χ1v) is 7.66. The molecule has 2 aromatic carbocycles. The predicted molar refractivity (Wildman–Crippen MR) is 88.2 cm³/mol. The molecule has 2 heterocycles. The standard InChI is InChI=1S/C18H13ClO4/c19-15-6-14-13(11-4-2-1-3-5-11)7-18(20)23-16(14)8-17(15)22-10-12-9-21-12/h1-8,12H,9-10H2. The molecule has 3 aromatic rings. The molecule has 1 atom stereocenters. The maximum absolute atomic E-state index is 11.9. The number of rotatable bonds is 4. The highest BCUT2D eigenvalue weighted by Crippen LogP contribution is 2.35. The molecule has 1 saturated heterocycles. The molecule has 0 saturated carbocycles. The smallest absolute Gasteiger partial charge is 0.336 e. The van der Waals surface area contributed by atoms with Crippen LogP contribution in [0.5, 0.6) is 5.75 Å². The van der Waals surface area contributed by atoms with Gasteiger partial charge in [0.05, 0.1) is 11.6 Å². The van der Waals surface area contributed by atoms with Crippen molar-refractivity contribution in [3.63, 3.8) is 0 Å². The fourth-order valence-corrected chi connectivity index (χ4v) is 2.70. The van der Waals surface area contributed by atoms with Crippen LogP contribution in [0, 0.1) is 0 Å². The summed E-state index contributed by atoms with van der Waals surface area (Å²) in [4.78, 5) is 11.9. The largest absolute Gasteiger partial charge is 0.489 e. The van der Waals surface area contributed by atoms with Gasteiger partial charge in [0.1, 0.15) is 24.0 Å². The molecule has 23 heavy (non-hydrogen) atoms. The Balaban J connectivity index is 1.84. The number of ether oxygens (including phenoxy) is 2. The molecular formula is C18H13ClO4. The Hall–Kier alpha value is -2.30. The fourth-order valence-electron chi connectivity index (χ4n) is 2.48. The van der Waals surface area contributed by atoms with Crippen LogP contribution in [0.3, 0.4) is 0 Å². The first kappa shape index (κ1) is 14.3. The molecule has 0 radical (unpaired) electrons. The number of halogens is 1. The lowest BCUT2D eigenvalue weighted by Gasteiger charge is -2.10. The van der Waals surface area contributed by atoms with Gasteiger partial charge in [-0.3, -0.25) is 0 Å². The van der Waals surface area contributed by atoms with Gasteiger partial charge in [-0.1, -0.05) is 41.9 Å². The summed E-state index contributed by atoms with van der Waals surface area (Å²) < 4.78 is 16.1. The van der Waals surface area contributed by atoms with E-state index in [0.717, 1.165) is 16.5 Å². The van der Waals surface area contributed by atoms with Crippen LogP contribution in [-0.4, -0.2) is 19.3 Å². The average Bonchev–Trinajstić information content (AvgIpc) is 3.38. The molecule has 0 spiro atoms. The van der Waals surface area contributed by atoms with E-state index < -0.39 is 5.63 Å². The SMILES string of the molecule is O=c1cc(-c2ccccc2)c2cc(Cl)c(OCC3CO3)cc2o1. The Labute approximate surface area is 137 Å². The molecule has 5 heteroatoms. The number of hydrogen-bond acceptors (Lipinski definition) is 4. The lowest BCUT2D eigenvalue weighted by molar-refractivity contribution is 0.263. The third kappa shape index (κ3) is 2.96. The zero-order valence-corrected chi connectivity index (χ0v) is 12.9. The van der Waals surface area contributed by atoms with E-state index >= 15 is 0 Å². The van der Waals surface area contributed by atoms with E-state index in [2.05, 4.69) is 0 Å². The Kier molecular flexibility index (Phi) is 3.56. The van der Waals surface area contributed by atoms with Crippen LogP contribution in [0.1, 0.15) is 0 Å². The molecule has 116 valence electrons. The molecule has 1 aliphatic rings. The molecule has 1 fully saturated rings. The number of fused-ring (bicyclic) bond motifs is 1. The second kappa shape index (κ2) is 5.72. The topological polar surface area (TPSA) is 52.0 Å². The zero-order chi connectivity index (χ0) is 15.8. The second-order valence-electron chi connectivity index (χ2n) is 5.39. The van der Waals surface area contributed by atoms with Crippen molar-refractivity contribution in [3.8, 4) is 16.9 Å². The van der Waals surface area contributed by atoms with E-state index in [9.17, 15) is 4.79 Å². The summed E-state index contributed by atoms with van der Waals surface area (Å²) in [5.41, 5.74) is 1.76. The minimum absolute atomic E-state index is 0.129. The van der Waals surface area contributed by atoms with Crippen LogP contribution >= 0.6 is 11.6 Å². The summed E-state index contributed by atoms with van der Waals surface area (Å²) in [5, 5.41) is 1.25. The summed E-state index contributed by atoms with van der Waals surface area (Å²) in [7, 11) is 0. The summed E-state index contributed by atoms with van der Waals surface area (Å²) in [5.74, 6) is 0.489. The highest BCUT2D eigenvalue weighted by Gasteiger charge is 2.23. The zero-order valence-electron chi connectivity index (χ0n) is 12.1. The van der Waals surface area contributed by atoms with Crippen molar-refractivity contribution in [1.29, 1.82) is 0 Å². The van der Waals surface area contributed by atoms with Gasteiger partial charge >= 0.3 is 5.63 Å². The van der Waals surface area contributed by atoms with Crippen molar-refractivity contribution in [2.75, 3.05) is 13.2 Å². The summed E-state index contributed by atoms with van der Waals surface area (Å²) in [6.45, 7) is 1.15. The molecule has 4 rings (SSSR count). The van der Waals surface area contributed by atoms with Crippen LogP contribution in [0.15, 0.2) is 57.7 Å². The molecule has 0 N–H and O–H groups in total. The van der Waals surface area contributed by atoms with Gasteiger partial charge in [0.15, 0.2) is 0 Å². The molecular weight excluding hydrogens is 316 g/mol. The third-order valence-corrected chi connectivity index (χ3v) is 4.00. The Morgan fingerprint density at radius 2 is 1.96 bits per heavy atom. The maximum atomic E-state index is 11.9. The molecule has 4 nitrogen and oxygen atoms in total. The molecule has 1 unspecified atom stereocenters. The highest BCUT2D eigenvalue weighted by atomic mass is 35.5. The normalized spacial score (nSPS) is 16.5. The van der Waals surface area contributed by atoms with E-state index in [1.807, 2.05) is 30.3 Å². The third-order valence-electron chi connectivity index (χ3n) is 3.71. The number of hydrogen-bond donors (Lipinski definition) is 0. The Morgan fingerprint density at radius 1 is 1.17 bits per heavy atom. The van der Waals surface area contributed by atoms with Gasteiger partial charge in [-0.15, -0.1) is 0 Å². The highest BCUT2D eigenvalue weighted by molar-refractivity contribution is 6.33. The van der Waals surface area contributed by atoms with Crippen molar-refractivity contribution in [2.45, 2.75) is 6.10 Å². The van der Waals surface area contributed by atoms with Crippen molar-refractivity contribution in [1.82, 2.24) is 0 Å². The second-order valence-corrected chi connectivity index (χ2v) is 5.80. The first-order valence-electron chi connectivity index (χ1n) is 7.28. The Bertz CT molecular complexity index is 913. The minimum atomic E-state index is -0.407. The number of epoxide rings is 1. The van der Waals surface area contributed by atoms with Crippen molar-refractivity contribution in [3.05, 3.63) is 64.0 Å². The summed E-state index contributed by atoms with van der Waals surface area (Å²) in [6.07, 6.45) is 0.129. The van der Waals surface area contributed by atoms with Crippen LogP contribution in [-0.2, 0) is 4.74 Å². The first-order chi connectivity index (χ1) is 11.2. The van der Waals surface area contributed by atoms with Gasteiger partial charge < -0.3 is 13.9 Å². The van der Waals surface area contributed by atoms with E-state index in [1.54, 1.807) is 12.1 Å². The van der Waals surface area contributed by atoms with Gasteiger partial charge in [0.2, 0.25) is 0 Å². The monoisotopic (exact) mass is 328 g/mol. The fraction of sp³-hybridized carbons (Fsp3) is 0.167. The van der Waals surface area contributed by atoms with Gasteiger partial charge in [-0.05, 0) is 17.2 Å². The van der Waals surface area contributed by atoms with E-state index in [1.165, 1.54) is 6.07 Å². The molecule has 1 aromatic heterocycles. The van der Waals surface area contributed by atoms with Crippen LogP contribution < -0.4 is 10.4 Å². The summed E-state index contributed by atoms with van der Waals surface area (Å²) >= 11 is 6.32. The van der Waals surface area contributed by atoms with Crippen LogP contribution in [0.4, 0.5) is 0 Å². The lowest BCUT2D eigenvalue weighted by atomic mass is 10.0. The van der Waals surface area contributed by atoms with Crippen molar-refractivity contribution in [2.24, 2.45) is 0 Å². The van der Waals surface area contributed by atoms with E-state index in [4.69, 9.17) is 25.5 Å². The molecule has 0 aliphatic carbocycles. The van der Waals surface area contributed by atoms with Crippen LogP contribution in [0.25, 0.3) is 22.1 Å². The van der Waals surface area contributed by atoms with E-state index in [-0.39, 0.29) is 6.10 Å². The predicted octanol–water partition coefficient (Wildman–Crippen LogP) is 3.89. The molecule has 1 aliphatic heterocycles. The maximum Gasteiger partial charge on any atom is 0.336 e. The van der Waals surface area contributed by atoms with Gasteiger partial charge in [0, 0.05) is 17.5 Å².